The SMILES string of the molecule is CC(C)Cc1ccc(C(C)C(=O)n2ccc3c(/[N+](C)=C\C4CN(C(=O)CC#N)CC[C@H]4C)ncnc32)cc1. The van der Waals surface area contributed by atoms with Gasteiger partial charge in [0.05, 0.1) is 25.2 Å². The number of amides is 1. The number of benzene rings is 1. The van der Waals surface area contributed by atoms with Gasteiger partial charge in [-0.05, 0) is 53.8 Å². The van der Waals surface area contributed by atoms with Crippen LogP contribution < -0.4 is 0 Å². The summed E-state index contributed by atoms with van der Waals surface area (Å²) >= 11 is 0. The largest absolute Gasteiger partial charge is 0.341 e. The lowest BCUT2D eigenvalue weighted by molar-refractivity contribution is -0.405. The number of carbonyl (C=O) groups is 2. The Morgan fingerprint density at radius 2 is 1.92 bits per heavy atom. The van der Waals surface area contributed by atoms with E-state index < -0.39 is 0 Å². The molecule has 3 aromatic rings. The van der Waals surface area contributed by atoms with Crippen molar-refractivity contribution in [2.45, 2.75) is 52.9 Å². The first kappa shape index (κ1) is 27.2. The number of rotatable bonds is 7. The fourth-order valence-corrected chi connectivity index (χ4v) is 5.22. The summed E-state index contributed by atoms with van der Waals surface area (Å²) in [7, 11) is 1.94. The predicted molar refractivity (Wildman–Crippen MR) is 148 cm³/mol. The summed E-state index contributed by atoms with van der Waals surface area (Å²) in [6.07, 6.45) is 7.16. The summed E-state index contributed by atoms with van der Waals surface area (Å²) in [5.41, 5.74) is 2.83. The molecule has 3 atom stereocenters. The summed E-state index contributed by atoms with van der Waals surface area (Å²) in [5, 5.41) is 9.70. The Bertz CT molecular complexity index is 1380. The van der Waals surface area contributed by atoms with Gasteiger partial charge in [-0.2, -0.15) is 10.2 Å². The van der Waals surface area contributed by atoms with Gasteiger partial charge < -0.3 is 4.90 Å². The van der Waals surface area contributed by atoms with Crippen molar-refractivity contribution in [3.63, 3.8) is 0 Å². The van der Waals surface area contributed by atoms with Gasteiger partial charge in [0.2, 0.25) is 18.1 Å². The molecule has 2 unspecified atom stereocenters. The molecule has 8 heteroatoms. The van der Waals surface area contributed by atoms with Crippen LogP contribution in [0.3, 0.4) is 0 Å². The third kappa shape index (κ3) is 5.83. The van der Waals surface area contributed by atoms with Gasteiger partial charge in [0.15, 0.2) is 5.65 Å². The van der Waals surface area contributed by atoms with Crippen LogP contribution in [0.4, 0.5) is 5.82 Å². The molecule has 1 fully saturated rings. The smallest absolute Gasteiger partial charge is 0.335 e. The molecule has 38 heavy (non-hydrogen) atoms. The minimum Gasteiger partial charge on any atom is -0.341 e. The van der Waals surface area contributed by atoms with Crippen LogP contribution in [0.1, 0.15) is 62.4 Å². The first-order chi connectivity index (χ1) is 18.2. The maximum atomic E-state index is 13.5. The van der Waals surface area contributed by atoms with Crippen LogP contribution in [0.25, 0.3) is 11.0 Å². The second-order valence-electron chi connectivity index (χ2n) is 10.9. The van der Waals surface area contributed by atoms with E-state index in [2.05, 4.69) is 49.1 Å². The zero-order valence-electron chi connectivity index (χ0n) is 23.0. The summed E-state index contributed by atoms with van der Waals surface area (Å²) in [5.74, 6) is 1.33. The Hall–Kier alpha value is -3.86. The fraction of sp³-hybridized carbons (Fsp3) is 0.467. The van der Waals surface area contributed by atoms with Gasteiger partial charge in [-0.1, -0.05) is 45.0 Å². The van der Waals surface area contributed by atoms with Gasteiger partial charge in [-0.25, -0.2) is 4.58 Å². The molecule has 2 aromatic heterocycles. The molecule has 8 nitrogen and oxygen atoms in total. The van der Waals surface area contributed by atoms with Crippen LogP contribution >= 0.6 is 0 Å². The first-order valence-corrected chi connectivity index (χ1v) is 13.4. The van der Waals surface area contributed by atoms with E-state index in [1.165, 1.54) is 11.9 Å². The van der Waals surface area contributed by atoms with E-state index in [0.29, 0.717) is 36.4 Å². The summed E-state index contributed by atoms with van der Waals surface area (Å²) in [6, 6.07) is 12.2. The van der Waals surface area contributed by atoms with Crippen LogP contribution in [-0.2, 0) is 11.2 Å². The monoisotopic (exact) mass is 513 g/mol. The van der Waals surface area contributed by atoms with Crippen LogP contribution in [0, 0.1) is 29.1 Å². The third-order valence-electron chi connectivity index (χ3n) is 7.54. The first-order valence-electron chi connectivity index (χ1n) is 13.4. The van der Waals surface area contributed by atoms with Crippen molar-refractivity contribution in [3.05, 3.63) is 54.0 Å². The molecule has 1 saturated heterocycles. The zero-order valence-corrected chi connectivity index (χ0v) is 23.0. The molecule has 1 aromatic carbocycles. The highest BCUT2D eigenvalue weighted by Crippen LogP contribution is 2.27. The number of aromatic nitrogens is 3. The normalized spacial score (nSPS) is 19.0. The fourth-order valence-electron chi connectivity index (χ4n) is 5.22. The minimum atomic E-state index is -0.318. The number of hydrogen-bond acceptors (Lipinski definition) is 5. The van der Waals surface area contributed by atoms with Crippen LogP contribution in [0.2, 0.25) is 0 Å². The average Bonchev–Trinajstić information content (AvgIpc) is 3.33. The molecule has 198 valence electrons. The molecule has 0 bridgehead atoms. The highest BCUT2D eigenvalue weighted by Gasteiger charge is 2.30. The van der Waals surface area contributed by atoms with E-state index in [9.17, 15) is 9.59 Å². The lowest BCUT2D eigenvalue weighted by Gasteiger charge is -2.34. The van der Waals surface area contributed by atoms with Crippen molar-refractivity contribution in [2.75, 3.05) is 20.1 Å². The van der Waals surface area contributed by atoms with Crippen molar-refractivity contribution in [3.8, 4) is 6.07 Å². The molecule has 0 aliphatic carbocycles. The molecule has 1 amide bonds. The quantitative estimate of drug-likeness (QED) is 0.334. The zero-order chi connectivity index (χ0) is 27.4. The maximum absolute atomic E-state index is 13.5. The lowest BCUT2D eigenvalue weighted by atomic mass is 9.87. The highest BCUT2D eigenvalue weighted by atomic mass is 16.2. The number of nitrogens with zero attached hydrogens (tertiary/aromatic N) is 6. The topological polar surface area (TPSA) is 94.9 Å². The summed E-state index contributed by atoms with van der Waals surface area (Å²) in [6.45, 7) is 9.76. The second-order valence-corrected chi connectivity index (χ2v) is 10.9. The van der Waals surface area contributed by atoms with Crippen molar-refractivity contribution in [1.82, 2.24) is 19.4 Å². The van der Waals surface area contributed by atoms with E-state index in [0.717, 1.165) is 23.8 Å². The Morgan fingerprint density at radius 3 is 2.61 bits per heavy atom. The Labute approximate surface area is 224 Å². The van der Waals surface area contributed by atoms with E-state index >= 15 is 0 Å². The molecule has 0 saturated carbocycles. The van der Waals surface area contributed by atoms with Crippen molar-refractivity contribution >= 4 is 34.9 Å². The second kappa shape index (κ2) is 11.7. The lowest BCUT2D eigenvalue weighted by Crippen LogP contribution is -2.44. The highest BCUT2D eigenvalue weighted by molar-refractivity contribution is 5.96. The Morgan fingerprint density at radius 1 is 1.18 bits per heavy atom. The van der Waals surface area contributed by atoms with E-state index in [4.69, 9.17) is 5.26 Å². The van der Waals surface area contributed by atoms with Crippen LogP contribution in [0.5, 0.6) is 0 Å². The maximum Gasteiger partial charge on any atom is 0.335 e. The standard InChI is InChI=1S/C30H37N6O2/c1-20(2)16-23-6-8-24(9-7-23)22(4)30(38)36-15-12-26-28(32-19-33-29(26)36)34(5)17-25-18-35(14-11-21(25)3)27(37)10-13-31/h6-9,12,15,17,19-22,25H,10-11,14,16,18H2,1-5H3/q+1/b34-17-/t21-,22?,25?/m1/s1. The van der Waals surface area contributed by atoms with Crippen molar-refractivity contribution in [2.24, 2.45) is 17.8 Å². The Balaban J connectivity index is 1.57. The molecule has 0 radical (unpaired) electrons. The Kier molecular flexibility index (Phi) is 8.35. The molecule has 4 rings (SSSR count). The summed E-state index contributed by atoms with van der Waals surface area (Å²) < 4.78 is 3.59. The average molecular weight is 514 g/mol. The molecule has 3 heterocycles. The number of nitriles is 1. The molecule has 0 N–H and O–H groups in total. The summed E-state index contributed by atoms with van der Waals surface area (Å²) in [4.78, 5) is 36.5. The number of hydrogen-bond donors (Lipinski definition) is 0. The molecular formula is C30H37N6O2+. The van der Waals surface area contributed by atoms with E-state index in [-0.39, 0.29) is 30.1 Å². The molecular weight excluding hydrogens is 476 g/mol. The molecule has 1 aliphatic heterocycles. The van der Waals surface area contributed by atoms with Gasteiger partial charge in [0, 0.05) is 25.2 Å². The third-order valence-corrected chi connectivity index (χ3v) is 7.54. The van der Waals surface area contributed by atoms with E-state index in [1.54, 1.807) is 15.7 Å². The van der Waals surface area contributed by atoms with Gasteiger partial charge in [-0.3, -0.25) is 14.2 Å². The van der Waals surface area contributed by atoms with Crippen molar-refractivity contribution < 1.29 is 14.2 Å². The van der Waals surface area contributed by atoms with E-state index in [1.807, 2.05) is 42.8 Å². The van der Waals surface area contributed by atoms with Gasteiger partial charge >= 0.3 is 5.82 Å². The number of piperidine rings is 1. The van der Waals surface area contributed by atoms with Crippen LogP contribution in [-0.4, -0.2) is 62.2 Å². The number of likely N-dealkylation sites (tertiary alicyclic amines) is 1. The minimum absolute atomic E-state index is 0.0413. The predicted octanol–water partition coefficient (Wildman–Crippen LogP) is 4.82. The molecule has 0 spiro atoms. The number of carbonyl (C=O) groups excluding carboxylic acids is 2. The van der Waals surface area contributed by atoms with Gasteiger partial charge in [0.25, 0.3) is 0 Å². The molecule has 1 aliphatic rings. The van der Waals surface area contributed by atoms with Gasteiger partial charge in [0.1, 0.15) is 11.8 Å². The number of fused-ring (bicyclic) bond motifs is 1. The van der Waals surface area contributed by atoms with Crippen molar-refractivity contribution in [1.29, 1.82) is 5.26 Å². The van der Waals surface area contributed by atoms with Crippen LogP contribution in [0.15, 0.2) is 42.9 Å². The van der Waals surface area contributed by atoms with Gasteiger partial charge in [-0.15, -0.1) is 0 Å².